The maximum absolute atomic E-state index is 13.7. The fourth-order valence-corrected chi connectivity index (χ4v) is 2.46. The number of carbonyl (C=O) groups excluding carboxylic acids is 1. The summed E-state index contributed by atoms with van der Waals surface area (Å²) in [7, 11) is 0. The van der Waals surface area contributed by atoms with Crippen molar-refractivity contribution in [1.29, 1.82) is 0 Å². The van der Waals surface area contributed by atoms with Crippen molar-refractivity contribution in [2.75, 3.05) is 0 Å². The summed E-state index contributed by atoms with van der Waals surface area (Å²) in [4.78, 5) is 12.0. The largest absolute Gasteiger partial charge is 0.674 e. The quantitative estimate of drug-likeness (QED) is 0.527. The van der Waals surface area contributed by atoms with Gasteiger partial charge in [0.2, 0.25) is 0 Å². The number of carbonyl (C=O) groups is 1. The highest BCUT2D eigenvalue weighted by molar-refractivity contribution is 6.00. The number of benzene rings is 2. The molecule has 0 saturated carbocycles. The number of nitrogens with one attached hydrogen (secondary N) is 1. The molecule has 2 aromatic carbocycles. The summed E-state index contributed by atoms with van der Waals surface area (Å²) in [5.74, 6) is -3.72. The van der Waals surface area contributed by atoms with E-state index in [2.05, 4.69) is 0 Å². The minimum absolute atomic E-state index is 0.156. The number of hydrogen-bond donors (Lipinski definition) is 1. The van der Waals surface area contributed by atoms with E-state index in [4.69, 9.17) is 10.5 Å². The van der Waals surface area contributed by atoms with Gasteiger partial charge in [-0.05, 0) is 29.3 Å². The van der Waals surface area contributed by atoms with Crippen molar-refractivity contribution < 1.29 is 32.2 Å². The molecular formula is C19H18F4NO3-. The van der Waals surface area contributed by atoms with E-state index >= 15 is 0 Å². The molecule has 0 bridgehead atoms. The van der Waals surface area contributed by atoms with Gasteiger partial charge in [-0.25, -0.2) is 4.39 Å². The van der Waals surface area contributed by atoms with E-state index in [1.54, 1.807) is 0 Å². The Bertz CT molecular complexity index is 848. The van der Waals surface area contributed by atoms with Crippen LogP contribution in [0.2, 0.25) is 0 Å². The number of aromatic hydroxyl groups is 1. The van der Waals surface area contributed by atoms with E-state index in [1.165, 1.54) is 26.0 Å². The maximum Gasteiger partial charge on any atom is 0.423 e. The lowest BCUT2D eigenvalue weighted by molar-refractivity contribution is -0.140. The molecule has 0 aliphatic carbocycles. The lowest BCUT2D eigenvalue weighted by atomic mass is 9.97. The molecule has 2 N–H and O–H groups in total. The number of Topliss-reactive ketones (excluding diaryl/α,β-unsaturated/α-hetero) is 1. The van der Waals surface area contributed by atoms with Gasteiger partial charge in [-0.2, -0.15) is 13.2 Å². The molecular weight excluding hydrogens is 366 g/mol. The molecule has 0 unspecified atom stereocenters. The Balaban J connectivity index is 2.37. The summed E-state index contributed by atoms with van der Waals surface area (Å²) in [6.45, 7) is 2.38. The lowest BCUT2D eigenvalue weighted by Crippen LogP contribution is -2.14. The average molecular weight is 384 g/mol. The fraction of sp³-hybridized carbons (Fsp3) is 0.316. The SMILES string of the molecule is CC(C)C(=O)c1ccc(OCc2ccc(C[NH-])c(F)c2)c(C(F)(F)F)c1O. The number of phenolic OH excluding ortho intramolecular Hbond substituents is 1. The van der Waals surface area contributed by atoms with Crippen LogP contribution in [0.3, 0.4) is 0 Å². The molecule has 0 aliphatic rings. The maximum atomic E-state index is 13.7. The van der Waals surface area contributed by atoms with Gasteiger partial charge in [0.05, 0.1) is 5.56 Å². The third kappa shape index (κ3) is 4.57. The molecule has 0 saturated heterocycles. The second kappa shape index (κ2) is 7.96. The molecule has 2 rings (SSSR count). The molecule has 0 aromatic heterocycles. The predicted molar refractivity (Wildman–Crippen MR) is 91.0 cm³/mol. The molecule has 8 heteroatoms. The number of phenols is 1. The van der Waals surface area contributed by atoms with Crippen molar-refractivity contribution in [3.63, 3.8) is 0 Å². The monoisotopic (exact) mass is 384 g/mol. The Labute approximate surface area is 153 Å². The number of rotatable bonds is 6. The molecule has 0 fully saturated rings. The Kier molecular flexibility index (Phi) is 6.10. The smallest absolute Gasteiger partial charge is 0.423 e. The third-order valence-electron chi connectivity index (χ3n) is 3.92. The molecule has 0 atom stereocenters. The summed E-state index contributed by atoms with van der Waals surface area (Å²) in [5, 5.41) is 10.0. The van der Waals surface area contributed by atoms with E-state index in [1.807, 2.05) is 0 Å². The topological polar surface area (TPSA) is 70.3 Å². The van der Waals surface area contributed by atoms with Gasteiger partial charge in [-0.1, -0.05) is 26.0 Å². The van der Waals surface area contributed by atoms with Crippen LogP contribution >= 0.6 is 0 Å². The zero-order valence-electron chi connectivity index (χ0n) is 14.7. The zero-order chi connectivity index (χ0) is 20.4. The van der Waals surface area contributed by atoms with Gasteiger partial charge in [0.15, 0.2) is 5.78 Å². The van der Waals surface area contributed by atoms with Crippen LogP contribution < -0.4 is 4.74 Å². The lowest BCUT2D eigenvalue weighted by Gasteiger charge is -2.18. The van der Waals surface area contributed by atoms with Crippen LogP contribution in [-0.2, 0) is 19.3 Å². The number of ketones is 1. The van der Waals surface area contributed by atoms with Crippen molar-refractivity contribution in [1.82, 2.24) is 0 Å². The van der Waals surface area contributed by atoms with Gasteiger partial charge >= 0.3 is 6.18 Å². The van der Waals surface area contributed by atoms with Crippen LogP contribution in [0, 0.1) is 11.7 Å². The Morgan fingerprint density at radius 2 is 1.89 bits per heavy atom. The van der Waals surface area contributed by atoms with E-state index < -0.39 is 46.3 Å². The highest BCUT2D eigenvalue weighted by Gasteiger charge is 2.39. The van der Waals surface area contributed by atoms with Crippen LogP contribution in [0.25, 0.3) is 5.73 Å². The summed E-state index contributed by atoms with van der Waals surface area (Å²) in [6.07, 6.45) is -4.95. The molecule has 0 amide bonds. The Morgan fingerprint density at radius 3 is 2.41 bits per heavy atom. The van der Waals surface area contributed by atoms with Gasteiger partial charge in [0.25, 0.3) is 0 Å². The highest BCUT2D eigenvalue weighted by Crippen LogP contribution is 2.44. The summed E-state index contributed by atoms with van der Waals surface area (Å²) in [6, 6.07) is 5.91. The van der Waals surface area contributed by atoms with Gasteiger partial charge in [0, 0.05) is 5.92 Å². The average Bonchev–Trinajstić information content (AvgIpc) is 2.58. The van der Waals surface area contributed by atoms with E-state index in [-0.39, 0.29) is 24.3 Å². The molecule has 2 aromatic rings. The molecule has 0 radical (unpaired) electrons. The van der Waals surface area contributed by atoms with Crippen LogP contribution in [0.1, 0.15) is 40.9 Å². The van der Waals surface area contributed by atoms with Crippen molar-refractivity contribution >= 4 is 5.78 Å². The van der Waals surface area contributed by atoms with E-state index in [0.29, 0.717) is 0 Å². The molecule has 146 valence electrons. The molecule has 4 nitrogen and oxygen atoms in total. The van der Waals surface area contributed by atoms with Crippen molar-refractivity contribution in [3.05, 3.63) is 64.1 Å². The molecule has 27 heavy (non-hydrogen) atoms. The van der Waals surface area contributed by atoms with Crippen LogP contribution in [0.5, 0.6) is 11.5 Å². The first-order chi connectivity index (χ1) is 12.6. The molecule has 0 aliphatic heterocycles. The number of alkyl halides is 3. The standard InChI is InChI=1S/C19H18F4NO3/c1-10(2)17(25)13-5-6-15(16(18(13)26)19(21,22)23)27-9-11-3-4-12(8-24)14(20)7-11/h3-7,10,24,26H,8-9H2,1-2H3/q-1. The van der Waals surface area contributed by atoms with E-state index in [9.17, 15) is 27.5 Å². The van der Waals surface area contributed by atoms with Gasteiger partial charge in [-0.3, -0.25) is 4.79 Å². The third-order valence-corrected chi connectivity index (χ3v) is 3.92. The first-order valence-electron chi connectivity index (χ1n) is 8.08. The summed E-state index contributed by atoms with van der Waals surface area (Å²) in [5.41, 5.74) is 5.68. The Hall–Kier alpha value is -2.61. The van der Waals surface area contributed by atoms with Crippen LogP contribution in [-0.4, -0.2) is 10.9 Å². The van der Waals surface area contributed by atoms with Crippen molar-refractivity contribution in [2.24, 2.45) is 5.92 Å². The molecule has 0 spiro atoms. The minimum Gasteiger partial charge on any atom is -0.674 e. The van der Waals surface area contributed by atoms with Crippen LogP contribution in [0.15, 0.2) is 30.3 Å². The first kappa shape index (κ1) is 20.7. The van der Waals surface area contributed by atoms with Gasteiger partial charge in [0.1, 0.15) is 29.5 Å². The number of hydrogen-bond acceptors (Lipinski definition) is 3. The van der Waals surface area contributed by atoms with Gasteiger partial charge < -0.3 is 15.6 Å². The Morgan fingerprint density at radius 1 is 1.22 bits per heavy atom. The fourth-order valence-electron chi connectivity index (χ4n) is 2.46. The normalized spacial score (nSPS) is 11.7. The second-order valence-corrected chi connectivity index (χ2v) is 6.24. The number of halogens is 4. The van der Waals surface area contributed by atoms with Gasteiger partial charge in [-0.15, -0.1) is 6.54 Å². The van der Waals surface area contributed by atoms with Crippen molar-refractivity contribution in [3.8, 4) is 11.5 Å². The minimum atomic E-state index is -4.95. The highest BCUT2D eigenvalue weighted by atomic mass is 19.4. The zero-order valence-corrected chi connectivity index (χ0v) is 14.7. The van der Waals surface area contributed by atoms with Crippen molar-refractivity contribution in [2.45, 2.75) is 33.2 Å². The van der Waals surface area contributed by atoms with E-state index in [0.717, 1.165) is 18.2 Å². The second-order valence-electron chi connectivity index (χ2n) is 6.24. The number of ether oxygens (including phenoxy) is 1. The van der Waals surface area contributed by atoms with Crippen LogP contribution in [0.4, 0.5) is 17.6 Å². The molecule has 0 heterocycles. The summed E-state index contributed by atoms with van der Waals surface area (Å²) >= 11 is 0. The predicted octanol–water partition coefficient (Wildman–Crippen LogP) is 5.52. The summed E-state index contributed by atoms with van der Waals surface area (Å²) < 4.78 is 59.1. The first-order valence-corrected chi connectivity index (χ1v) is 8.08.